The SMILES string of the molecule is CCOC(=O)C=CC(=O)NNC(=O)CSc1nc2ccccc2s1. The second-order valence-electron chi connectivity index (χ2n) is 4.36. The minimum absolute atomic E-state index is 0.113. The summed E-state index contributed by atoms with van der Waals surface area (Å²) in [4.78, 5) is 38.5. The van der Waals surface area contributed by atoms with Crippen molar-refractivity contribution in [2.75, 3.05) is 12.4 Å². The topological polar surface area (TPSA) is 97.4 Å². The van der Waals surface area contributed by atoms with Crippen LogP contribution < -0.4 is 10.9 Å². The number of thiazole rings is 1. The van der Waals surface area contributed by atoms with Crippen LogP contribution in [0.5, 0.6) is 0 Å². The van der Waals surface area contributed by atoms with Gasteiger partial charge in [-0.3, -0.25) is 20.4 Å². The Kier molecular flexibility index (Phi) is 6.76. The Morgan fingerprint density at radius 1 is 1.25 bits per heavy atom. The lowest BCUT2D eigenvalue weighted by molar-refractivity contribution is -0.137. The lowest BCUT2D eigenvalue weighted by Gasteiger charge is -2.03. The Balaban J connectivity index is 1.73. The molecule has 0 spiro atoms. The van der Waals surface area contributed by atoms with Gasteiger partial charge in [0, 0.05) is 12.2 Å². The third-order valence-electron chi connectivity index (χ3n) is 2.58. The van der Waals surface area contributed by atoms with Crippen LogP contribution in [0.4, 0.5) is 0 Å². The highest BCUT2D eigenvalue weighted by Gasteiger charge is 2.08. The number of nitrogens with one attached hydrogen (secondary N) is 2. The Morgan fingerprint density at radius 2 is 2.04 bits per heavy atom. The van der Waals surface area contributed by atoms with Gasteiger partial charge in [-0.25, -0.2) is 9.78 Å². The molecule has 126 valence electrons. The van der Waals surface area contributed by atoms with E-state index in [1.54, 1.807) is 6.92 Å². The van der Waals surface area contributed by atoms with E-state index in [9.17, 15) is 14.4 Å². The third-order valence-corrected chi connectivity index (χ3v) is 4.76. The second kappa shape index (κ2) is 9.04. The second-order valence-corrected chi connectivity index (χ2v) is 6.61. The number of thioether (sulfide) groups is 1. The first kappa shape index (κ1) is 18.0. The fraction of sp³-hybridized carbons (Fsp3) is 0.200. The number of amides is 2. The predicted octanol–water partition coefficient (Wildman–Crippen LogP) is 1.66. The number of fused-ring (bicyclic) bond motifs is 1. The number of ether oxygens (including phenoxy) is 1. The first-order valence-electron chi connectivity index (χ1n) is 7.00. The van der Waals surface area contributed by atoms with Gasteiger partial charge in [0.15, 0.2) is 4.34 Å². The molecule has 1 heterocycles. The molecule has 0 radical (unpaired) electrons. The van der Waals surface area contributed by atoms with Gasteiger partial charge in [0.25, 0.3) is 5.91 Å². The highest BCUT2D eigenvalue weighted by atomic mass is 32.2. The summed E-state index contributed by atoms with van der Waals surface area (Å²) in [6, 6.07) is 7.71. The van der Waals surface area contributed by atoms with E-state index in [0.717, 1.165) is 26.7 Å². The molecule has 1 aromatic heterocycles. The van der Waals surface area contributed by atoms with Crippen molar-refractivity contribution in [1.29, 1.82) is 0 Å². The number of aromatic nitrogens is 1. The number of para-hydroxylation sites is 1. The Hall–Kier alpha value is -2.39. The molecule has 1 aromatic carbocycles. The molecule has 2 rings (SSSR count). The molecule has 0 fully saturated rings. The van der Waals surface area contributed by atoms with Crippen molar-refractivity contribution in [3.63, 3.8) is 0 Å². The number of rotatable bonds is 6. The van der Waals surface area contributed by atoms with Crippen LogP contribution in [0.3, 0.4) is 0 Å². The van der Waals surface area contributed by atoms with E-state index >= 15 is 0 Å². The van der Waals surface area contributed by atoms with E-state index in [-0.39, 0.29) is 18.3 Å². The normalized spacial score (nSPS) is 10.7. The summed E-state index contributed by atoms with van der Waals surface area (Å²) < 4.78 is 6.46. The van der Waals surface area contributed by atoms with E-state index in [1.807, 2.05) is 24.3 Å². The fourth-order valence-electron chi connectivity index (χ4n) is 1.58. The third kappa shape index (κ3) is 5.67. The fourth-order valence-corrected chi connectivity index (χ4v) is 3.45. The number of hydrazine groups is 1. The summed E-state index contributed by atoms with van der Waals surface area (Å²) in [7, 11) is 0. The lowest BCUT2D eigenvalue weighted by atomic mass is 10.3. The van der Waals surface area contributed by atoms with Crippen molar-refractivity contribution in [1.82, 2.24) is 15.8 Å². The van der Waals surface area contributed by atoms with Crippen LogP contribution in [0.1, 0.15) is 6.92 Å². The number of nitrogens with zero attached hydrogens (tertiary/aromatic N) is 1. The Bertz CT molecular complexity index is 740. The molecule has 0 atom stereocenters. The molecule has 2 aromatic rings. The molecule has 0 aliphatic heterocycles. The highest BCUT2D eigenvalue weighted by molar-refractivity contribution is 8.01. The summed E-state index contributed by atoms with van der Waals surface area (Å²) in [5, 5.41) is 0. The molecule has 0 saturated carbocycles. The lowest BCUT2D eigenvalue weighted by Crippen LogP contribution is -2.41. The van der Waals surface area contributed by atoms with Crippen LogP contribution in [-0.4, -0.2) is 35.1 Å². The summed E-state index contributed by atoms with van der Waals surface area (Å²) in [5.74, 6) is -1.51. The summed E-state index contributed by atoms with van der Waals surface area (Å²) in [6.07, 6.45) is 1.97. The molecule has 0 aliphatic carbocycles. The van der Waals surface area contributed by atoms with Crippen LogP contribution in [0.25, 0.3) is 10.2 Å². The Morgan fingerprint density at radius 3 is 2.79 bits per heavy atom. The summed E-state index contributed by atoms with van der Waals surface area (Å²) in [5.41, 5.74) is 5.33. The van der Waals surface area contributed by atoms with E-state index in [4.69, 9.17) is 0 Å². The van der Waals surface area contributed by atoms with Crippen LogP contribution in [0, 0.1) is 0 Å². The van der Waals surface area contributed by atoms with Gasteiger partial charge in [0.05, 0.1) is 22.6 Å². The molecule has 2 amide bonds. The minimum Gasteiger partial charge on any atom is -0.463 e. The molecule has 0 saturated heterocycles. The molecule has 2 N–H and O–H groups in total. The van der Waals surface area contributed by atoms with Crippen molar-refractivity contribution in [2.45, 2.75) is 11.3 Å². The molecular formula is C15H15N3O4S2. The first-order valence-corrected chi connectivity index (χ1v) is 8.80. The number of benzene rings is 1. The number of esters is 1. The zero-order valence-corrected chi connectivity index (χ0v) is 14.4. The zero-order valence-electron chi connectivity index (χ0n) is 12.8. The van der Waals surface area contributed by atoms with E-state index in [2.05, 4.69) is 20.6 Å². The molecule has 0 bridgehead atoms. The van der Waals surface area contributed by atoms with Gasteiger partial charge in [-0.05, 0) is 19.1 Å². The number of hydrogen-bond donors (Lipinski definition) is 2. The summed E-state index contributed by atoms with van der Waals surface area (Å²) in [6.45, 7) is 1.89. The van der Waals surface area contributed by atoms with Crippen LogP contribution in [-0.2, 0) is 19.1 Å². The van der Waals surface area contributed by atoms with Gasteiger partial charge in [0.1, 0.15) is 0 Å². The van der Waals surface area contributed by atoms with Gasteiger partial charge in [0.2, 0.25) is 5.91 Å². The van der Waals surface area contributed by atoms with Gasteiger partial charge < -0.3 is 4.74 Å². The maximum absolute atomic E-state index is 11.7. The largest absolute Gasteiger partial charge is 0.463 e. The van der Waals surface area contributed by atoms with E-state index in [0.29, 0.717) is 0 Å². The number of carbonyl (C=O) groups is 3. The van der Waals surface area contributed by atoms with Gasteiger partial charge in [-0.1, -0.05) is 23.9 Å². The standard InChI is InChI=1S/C15H15N3O4S2/c1-2-22-14(21)8-7-12(19)17-18-13(20)9-23-15-16-10-5-3-4-6-11(10)24-15/h3-8H,2,9H2,1H3,(H,17,19)(H,18,20). The monoisotopic (exact) mass is 365 g/mol. The van der Waals surface area contributed by atoms with Crippen molar-refractivity contribution in [3.05, 3.63) is 36.4 Å². The van der Waals surface area contributed by atoms with Gasteiger partial charge >= 0.3 is 5.97 Å². The van der Waals surface area contributed by atoms with E-state index < -0.39 is 11.9 Å². The summed E-state index contributed by atoms with van der Waals surface area (Å²) >= 11 is 2.78. The number of carbonyl (C=O) groups excluding carboxylic acids is 3. The highest BCUT2D eigenvalue weighted by Crippen LogP contribution is 2.28. The molecule has 24 heavy (non-hydrogen) atoms. The number of hydrogen-bond acceptors (Lipinski definition) is 7. The average Bonchev–Trinajstić information content (AvgIpc) is 2.99. The maximum atomic E-state index is 11.7. The van der Waals surface area contributed by atoms with Crippen molar-refractivity contribution < 1.29 is 19.1 Å². The van der Waals surface area contributed by atoms with Crippen molar-refractivity contribution >= 4 is 51.1 Å². The van der Waals surface area contributed by atoms with Crippen molar-refractivity contribution in [2.24, 2.45) is 0 Å². The minimum atomic E-state index is -0.624. The van der Waals surface area contributed by atoms with Crippen LogP contribution in [0.2, 0.25) is 0 Å². The molecule has 0 aliphatic rings. The Labute approximate surface area is 146 Å². The van der Waals surface area contributed by atoms with Gasteiger partial charge in [-0.15, -0.1) is 11.3 Å². The smallest absolute Gasteiger partial charge is 0.330 e. The quantitative estimate of drug-likeness (QED) is 0.350. The molecule has 9 heteroatoms. The predicted molar refractivity (Wildman–Crippen MR) is 92.4 cm³/mol. The molecule has 7 nitrogen and oxygen atoms in total. The van der Waals surface area contributed by atoms with Crippen molar-refractivity contribution in [3.8, 4) is 0 Å². The van der Waals surface area contributed by atoms with Gasteiger partial charge in [-0.2, -0.15) is 0 Å². The maximum Gasteiger partial charge on any atom is 0.330 e. The van der Waals surface area contributed by atoms with E-state index in [1.165, 1.54) is 23.1 Å². The molecule has 0 unspecified atom stereocenters. The molecular weight excluding hydrogens is 350 g/mol. The first-order chi connectivity index (χ1) is 11.6. The van der Waals surface area contributed by atoms with Crippen LogP contribution in [0.15, 0.2) is 40.8 Å². The van der Waals surface area contributed by atoms with Crippen LogP contribution >= 0.6 is 23.1 Å². The average molecular weight is 365 g/mol. The zero-order chi connectivity index (χ0) is 17.4.